The number of amides is 1. The largest absolute Gasteiger partial charge is 0.386 e. The van der Waals surface area contributed by atoms with Gasteiger partial charge in [0.25, 0.3) is 5.91 Å². The van der Waals surface area contributed by atoms with Gasteiger partial charge in [0.2, 0.25) is 10.0 Å². The summed E-state index contributed by atoms with van der Waals surface area (Å²) in [5, 5.41) is 3.84. The van der Waals surface area contributed by atoms with Crippen LogP contribution in [0, 0.1) is 5.41 Å². The number of nitrogens with two attached hydrogens (primary N) is 3. The third-order valence-electron chi connectivity index (χ3n) is 4.42. The number of hydrogen-bond acceptors (Lipinski definition) is 5. The van der Waals surface area contributed by atoms with Crippen LogP contribution in [0.1, 0.15) is 31.9 Å². The molecule has 0 aliphatic rings. The summed E-state index contributed by atoms with van der Waals surface area (Å²) in [6.07, 6.45) is 0. The molecule has 0 saturated carbocycles. The second kappa shape index (κ2) is 10.1. The highest BCUT2D eigenvalue weighted by molar-refractivity contribution is 7.89. The third kappa shape index (κ3) is 6.52. The van der Waals surface area contributed by atoms with Gasteiger partial charge in [-0.05, 0) is 29.8 Å². The van der Waals surface area contributed by atoms with Crippen LogP contribution in [-0.2, 0) is 21.4 Å². The van der Waals surface area contributed by atoms with E-state index in [1.54, 1.807) is 45.0 Å². The summed E-state index contributed by atoms with van der Waals surface area (Å²) in [5.41, 5.74) is 12.2. The van der Waals surface area contributed by atoms with Crippen molar-refractivity contribution in [3.63, 3.8) is 0 Å². The van der Waals surface area contributed by atoms with Crippen molar-refractivity contribution in [2.75, 3.05) is 6.54 Å². The van der Waals surface area contributed by atoms with Crippen molar-refractivity contribution in [2.24, 2.45) is 32.8 Å². The average molecular weight is 479 g/mol. The van der Waals surface area contributed by atoms with E-state index in [0.29, 0.717) is 16.1 Å². The van der Waals surface area contributed by atoms with E-state index in [9.17, 15) is 13.2 Å². The van der Waals surface area contributed by atoms with Gasteiger partial charge in [0, 0.05) is 22.5 Å². The number of amidine groups is 2. The first-order chi connectivity index (χ1) is 14.8. The molecule has 2 aromatic carbocycles. The summed E-state index contributed by atoms with van der Waals surface area (Å²) in [4.78, 5) is 16.1. The van der Waals surface area contributed by atoms with Crippen LogP contribution < -0.4 is 17.3 Å². The molecular weight excluding hydrogens is 452 g/mol. The van der Waals surface area contributed by atoms with E-state index in [0.717, 1.165) is 4.31 Å². The van der Waals surface area contributed by atoms with Crippen molar-refractivity contribution >= 4 is 39.2 Å². The molecule has 11 heteroatoms. The molecule has 1 amide bonds. The second-order valence-electron chi connectivity index (χ2n) is 8.10. The van der Waals surface area contributed by atoms with Gasteiger partial charge in [-0.15, -0.1) is 0 Å². The standard InChI is InChI=1S/C21H27ClN6O3S/c1-21(2,3)20(29)26-18(23)13-28(32(30,31)17-10-8-16(22)9-11-17)12-14-4-6-15(7-5-14)19(24)27-25/h4-11H,12-13,25H2,1-3H3,(H2,24,27)(H2,23,26,29). The summed E-state index contributed by atoms with van der Waals surface area (Å²) >= 11 is 5.89. The Balaban J connectivity index is 2.41. The molecule has 0 spiro atoms. The lowest BCUT2D eigenvalue weighted by Crippen LogP contribution is -2.39. The Kier molecular flexibility index (Phi) is 8.00. The van der Waals surface area contributed by atoms with Gasteiger partial charge in [-0.1, -0.05) is 56.6 Å². The number of hydrazone groups is 1. The first kappa shape index (κ1) is 25.3. The van der Waals surface area contributed by atoms with E-state index in [1.807, 2.05) is 0 Å². The van der Waals surface area contributed by atoms with Gasteiger partial charge < -0.3 is 17.3 Å². The van der Waals surface area contributed by atoms with Crippen LogP contribution in [0.25, 0.3) is 0 Å². The van der Waals surface area contributed by atoms with Crippen LogP contribution in [0.4, 0.5) is 0 Å². The molecule has 0 heterocycles. The molecule has 0 aromatic heterocycles. The lowest BCUT2D eigenvalue weighted by Gasteiger charge is -2.23. The fourth-order valence-corrected chi connectivity index (χ4v) is 4.08. The predicted molar refractivity (Wildman–Crippen MR) is 126 cm³/mol. The summed E-state index contributed by atoms with van der Waals surface area (Å²) in [7, 11) is -3.98. The zero-order valence-electron chi connectivity index (χ0n) is 18.1. The maximum Gasteiger partial charge on any atom is 0.252 e. The molecule has 2 aromatic rings. The Morgan fingerprint density at radius 2 is 1.59 bits per heavy atom. The average Bonchev–Trinajstić information content (AvgIpc) is 2.72. The molecule has 32 heavy (non-hydrogen) atoms. The highest BCUT2D eigenvalue weighted by atomic mass is 35.5. The van der Waals surface area contributed by atoms with Crippen molar-refractivity contribution in [3.05, 3.63) is 64.7 Å². The van der Waals surface area contributed by atoms with Crippen LogP contribution in [0.2, 0.25) is 5.02 Å². The smallest absolute Gasteiger partial charge is 0.252 e. The van der Waals surface area contributed by atoms with Gasteiger partial charge >= 0.3 is 0 Å². The van der Waals surface area contributed by atoms with E-state index in [1.165, 1.54) is 24.3 Å². The molecule has 0 bridgehead atoms. The molecule has 0 unspecified atom stereocenters. The van der Waals surface area contributed by atoms with Gasteiger partial charge in [-0.25, -0.2) is 8.42 Å². The molecular formula is C21H27ClN6O3S. The second-order valence-corrected chi connectivity index (χ2v) is 10.5. The minimum absolute atomic E-state index is 0.0230. The Hall–Kier alpha value is -2.95. The summed E-state index contributed by atoms with van der Waals surface area (Å²) in [5.74, 6) is 4.79. The SMILES string of the molecule is CC(C)(C)C(=O)N=C(N)CN(Cc1ccc(/C(N)=N/N)cc1)S(=O)(=O)c1ccc(Cl)cc1. The van der Waals surface area contributed by atoms with Crippen LogP contribution >= 0.6 is 11.6 Å². The zero-order valence-corrected chi connectivity index (χ0v) is 19.7. The molecule has 0 aliphatic heterocycles. The molecule has 0 fully saturated rings. The highest BCUT2D eigenvalue weighted by Gasteiger charge is 2.27. The third-order valence-corrected chi connectivity index (χ3v) is 6.48. The minimum Gasteiger partial charge on any atom is -0.386 e. The first-order valence-corrected chi connectivity index (χ1v) is 11.4. The maximum atomic E-state index is 13.3. The summed E-state index contributed by atoms with van der Waals surface area (Å²) < 4.78 is 27.8. The lowest BCUT2D eigenvalue weighted by atomic mass is 9.96. The van der Waals surface area contributed by atoms with Gasteiger partial charge in [-0.2, -0.15) is 14.4 Å². The number of halogens is 1. The normalized spacial score (nSPS) is 13.4. The van der Waals surface area contributed by atoms with E-state index in [2.05, 4.69) is 10.1 Å². The Morgan fingerprint density at radius 1 is 1.03 bits per heavy atom. The highest BCUT2D eigenvalue weighted by Crippen LogP contribution is 2.21. The number of rotatable bonds is 7. The molecule has 0 atom stereocenters. The monoisotopic (exact) mass is 478 g/mol. The van der Waals surface area contributed by atoms with Crippen LogP contribution in [0.15, 0.2) is 63.5 Å². The molecule has 0 aliphatic carbocycles. The van der Waals surface area contributed by atoms with Crippen molar-refractivity contribution in [1.29, 1.82) is 0 Å². The van der Waals surface area contributed by atoms with Crippen molar-refractivity contribution in [1.82, 2.24) is 4.31 Å². The van der Waals surface area contributed by atoms with Gasteiger partial charge in [-0.3, -0.25) is 4.79 Å². The van der Waals surface area contributed by atoms with Gasteiger partial charge in [0.15, 0.2) is 0 Å². The molecule has 172 valence electrons. The fourth-order valence-electron chi connectivity index (χ4n) is 2.55. The molecule has 6 N–H and O–H groups in total. The van der Waals surface area contributed by atoms with Crippen molar-refractivity contribution in [3.8, 4) is 0 Å². The van der Waals surface area contributed by atoms with Crippen LogP contribution in [-0.4, -0.2) is 36.8 Å². The summed E-state index contributed by atoms with van der Waals surface area (Å²) in [6, 6.07) is 12.5. The number of carbonyl (C=O) groups is 1. The predicted octanol–water partition coefficient (Wildman–Crippen LogP) is 2.04. The Labute approximate surface area is 193 Å². The number of aliphatic imine (C=N–C) groups is 1. The molecule has 0 radical (unpaired) electrons. The van der Waals surface area contributed by atoms with Crippen LogP contribution in [0.3, 0.4) is 0 Å². The maximum absolute atomic E-state index is 13.3. The van der Waals surface area contributed by atoms with Gasteiger partial charge in [0.1, 0.15) is 11.7 Å². The van der Waals surface area contributed by atoms with E-state index in [4.69, 9.17) is 28.9 Å². The topological polar surface area (TPSA) is 157 Å². The molecule has 0 saturated heterocycles. The van der Waals surface area contributed by atoms with Crippen molar-refractivity contribution < 1.29 is 13.2 Å². The fraction of sp³-hybridized carbons (Fsp3) is 0.286. The zero-order chi connectivity index (χ0) is 24.1. The number of nitrogens with zero attached hydrogens (tertiary/aromatic N) is 3. The first-order valence-electron chi connectivity index (χ1n) is 9.60. The quantitative estimate of drug-likeness (QED) is 0.239. The molecule has 9 nitrogen and oxygen atoms in total. The van der Waals surface area contributed by atoms with E-state index >= 15 is 0 Å². The number of hydrogen-bond donors (Lipinski definition) is 3. The minimum atomic E-state index is -3.98. The number of carbonyl (C=O) groups excluding carboxylic acids is 1. The van der Waals surface area contributed by atoms with Crippen LogP contribution in [0.5, 0.6) is 0 Å². The Morgan fingerprint density at radius 3 is 2.09 bits per heavy atom. The number of sulfonamides is 1. The van der Waals surface area contributed by atoms with Crippen molar-refractivity contribution in [2.45, 2.75) is 32.2 Å². The lowest BCUT2D eigenvalue weighted by molar-refractivity contribution is -0.124. The number of benzene rings is 2. The summed E-state index contributed by atoms with van der Waals surface area (Å²) in [6.45, 7) is 4.80. The van der Waals surface area contributed by atoms with E-state index < -0.39 is 21.3 Å². The van der Waals surface area contributed by atoms with Gasteiger partial charge in [0.05, 0.1) is 11.4 Å². The van der Waals surface area contributed by atoms with E-state index in [-0.39, 0.29) is 29.7 Å². The molecule has 2 rings (SSSR count). The Bertz CT molecular complexity index is 1120.